The van der Waals surface area contributed by atoms with Gasteiger partial charge in [0.15, 0.2) is 0 Å². The zero-order valence-corrected chi connectivity index (χ0v) is 14.5. The van der Waals surface area contributed by atoms with Gasteiger partial charge in [-0.3, -0.25) is 4.98 Å². The molecule has 3 rings (SSSR count). The van der Waals surface area contributed by atoms with Crippen molar-refractivity contribution in [3.63, 3.8) is 0 Å². The van der Waals surface area contributed by atoms with Crippen molar-refractivity contribution in [2.45, 2.75) is 19.6 Å². The molecule has 0 aliphatic heterocycles. The number of hydrogen-bond donors (Lipinski definition) is 0. The molecule has 0 amide bonds. The molecule has 25 heavy (non-hydrogen) atoms. The largest absolute Gasteiger partial charge is 0.380 e. The Balaban J connectivity index is 2.05. The molecule has 0 atom stereocenters. The summed E-state index contributed by atoms with van der Waals surface area (Å²) in [7, 11) is 3.38. The fraction of sp³-hybridized carbons (Fsp3) is 0.238. The first-order valence-electron chi connectivity index (χ1n) is 8.17. The third kappa shape index (κ3) is 3.92. The van der Waals surface area contributed by atoms with Gasteiger partial charge in [0.25, 0.3) is 0 Å². The van der Waals surface area contributed by atoms with Gasteiger partial charge in [-0.15, -0.1) is 0 Å². The predicted molar refractivity (Wildman–Crippen MR) is 98.4 cm³/mol. The second-order valence-electron chi connectivity index (χ2n) is 5.97. The molecular weight excluding hydrogens is 314 g/mol. The van der Waals surface area contributed by atoms with E-state index in [1.807, 2.05) is 30.5 Å². The Bertz CT molecular complexity index is 889. The summed E-state index contributed by atoms with van der Waals surface area (Å²) in [4.78, 5) is 15.3. The van der Waals surface area contributed by atoms with Crippen LogP contribution in [-0.2, 0) is 33.9 Å². The number of carbonyl (C=O) groups excluding carboxylic acids is 1. The van der Waals surface area contributed by atoms with E-state index in [4.69, 9.17) is 9.47 Å². The van der Waals surface area contributed by atoms with Gasteiger partial charge in [0.2, 0.25) is 0 Å². The Kier molecular flexibility index (Phi) is 5.53. The highest BCUT2D eigenvalue weighted by Gasteiger charge is 2.08. The summed E-state index contributed by atoms with van der Waals surface area (Å²) in [6.45, 7) is 1.09. The minimum Gasteiger partial charge on any atom is -0.380 e. The number of nitrogens with zero attached hydrogens (tertiary/aromatic N) is 1. The summed E-state index contributed by atoms with van der Waals surface area (Å²) in [6.07, 6.45) is 3.22. The summed E-state index contributed by atoms with van der Waals surface area (Å²) in [5, 5.41) is 2.18. The van der Waals surface area contributed by atoms with E-state index < -0.39 is 0 Å². The van der Waals surface area contributed by atoms with E-state index in [-0.39, 0.29) is 0 Å². The first-order chi connectivity index (χ1) is 12.2. The molecule has 0 fully saturated rings. The van der Waals surface area contributed by atoms with Crippen molar-refractivity contribution in [1.29, 1.82) is 0 Å². The molecule has 2 aromatic carbocycles. The third-order valence-electron chi connectivity index (χ3n) is 4.18. The monoisotopic (exact) mass is 335 g/mol. The van der Waals surface area contributed by atoms with Crippen LogP contribution >= 0.6 is 0 Å². The summed E-state index contributed by atoms with van der Waals surface area (Å²) in [6, 6.07) is 14.2. The minimum atomic E-state index is 0.416. The molecule has 0 unspecified atom stereocenters. The van der Waals surface area contributed by atoms with Gasteiger partial charge < -0.3 is 14.3 Å². The van der Waals surface area contributed by atoms with E-state index in [9.17, 15) is 4.79 Å². The van der Waals surface area contributed by atoms with Crippen molar-refractivity contribution in [3.8, 4) is 11.3 Å². The van der Waals surface area contributed by atoms with Crippen LogP contribution in [0, 0.1) is 0 Å². The van der Waals surface area contributed by atoms with Crippen molar-refractivity contribution >= 4 is 17.1 Å². The Morgan fingerprint density at radius 2 is 1.68 bits per heavy atom. The number of hydrogen-bond acceptors (Lipinski definition) is 4. The topological polar surface area (TPSA) is 48.4 Å². The smallest absolute Gasteiger partial charge is 0.124 e. The molecule has 0 saturated carbocycles. The molecule has 4 heteroatoms. The van der Waals surface area contributed by atoms with E-state index >= 15 is 0 Å². The first kappa shape index (κ1) is 17.3. The third-order valence-corrected chi connectivity index (χ3v) is 4.18. The first-order valence-corrected chi connectivity index (χ1v) is 8.17. The number of aldehydes is 1. The number of benzene rings is 2. The zero-order valence-electron chi connectivity index (χ0n) is 14.5. The highest BCUT2D eigenvalue weighted by molar-refractivity contribution is 5.86. The van der Waals surface area contributed by atoms with Crippen molar-refractivity contribution in [1.82, 2.24) is 4.98 Å². The molecule has 0 N–H and O–H groups in total. The average Bonchev–Trinajstić information content (AvgIpc) is 2.63. The van der Waals surface area contributed by atoms with Crippen molar-refractivity contribution in [3.05, 3.63) is 65.4 Å². The van der Waals surface area contributed by atoms with Gasteiger partial charge in [0, 0.05) is 37.8 Å². The molecule has 3 aromatic rings. The molecule has 128 valence electrons. The van der Waals surface area contributed by atoms with Gasteiger partial charge >= 0.3 is 0 Å². The highest BCUT2D eigenvalue weighted by atomic mass is 16.5. The van der Waals surface area contributed by atoms with Gasteiger partial charge in [-0.25, -0.2) is 0 Å². The molecule has 0 bridgehead atoms. The van der Waals surface area contributed by atoms with Crippen LogP contribution in [0.3, 0.4) is 0 Å². The maximum atomic E-state index is 10.7. The molecule has 4 nitrogen and oxygen atoms in total. The number of ether oxygens (including phenoxy) is 2. The quantitative estimate of drug-likeness (QED) is 0.614. The fourth-order valence-electron chi connectivity index (χ4n) is 2.98. The van der Waals surface area contributed by atoms with Crippen LogP contribution in [-0.4, -0.2) is 25.5 Å². The van der Waals surface area contributed by atoms with Gasteiger partial charge in [0.1, 0.15) is 6.29 Å². The maximum absolute atomic E-state index is 10.7. The van der Waals surface area contributed by atoms with Crippen LogP contribution < -0.4 is 0 Å². The minimum absolute atomic E-state index is 0.416. The van der Waals surface area contributed by atoms with Crippen LogP contribution in [0.4, 0.5) is 0 Å². The summed E-state index contributed by atoms with van der Waals surface area (Å²) in [5.74, 6) is 0. The van der Waals surface area contributed by atoms with E-state index in [0.717, 1.165) is 45.0 Å². The standard InChI is InChI=1S/C21H21NO3/c1-24-13-19-9-17-11-21(16-5-3-4-15(8-16)6-7-23)22-12-18(17)10-20(19)14-25-2/h3-5,7-12H,6,13-14H2,1-2H3. The van der Waals surface area contributed by atoms with E-state index in [1.165, 1.54) is 0 Å². The summed E-state index contributed by atoms with van der Waals surface area (Å²) >= 11 is 0. The summed E-state index contributed by atoms with van der Waals surface area (Å²) < 4.78 is 10.6. The fourth-order valence-corrected chi connectivity index (χ4v) is 2.98. The lowest BCUT2D eigenvalue weighted by Gasteiger charge is -2.11. The molecular formula is C21H21NO3. The van der Waals surface area contributed by atoms with Crippen LogP contribution in [0.2, 0.25) is 0 Å². The Hall–Kier alpha value is -2.56. The molecule has 0 saturated heterocycles. The van der Waals surface area contributed by atoms with Crippen LogP contribution in [0.25, 0.3) is 22.0 Å². The lowest BCUT2D eigenvalue weighted by Crippen LogP contribution is -1.98. The number of pyridine rings is 1. The van der Waals surface area contributed by atoms with Crippen LogP contribution in [0.5, 0.6) is 0 Å². The van der Waals surface area contributed by atoms with Crippen molar-refractivity contribution < 1.29 is 14.3 Å². The summed E-state index contributed by atoms with van der Waals surface area (Å²) in [5.41, 5.74) is 5.12. The maximum Gasteiger partial charge on any atom is 0.124 e. The molecule has 0 aliphatic rings. The zero-order chi connectivity index (χ0) is 17.6. The van der Waals surface area contributed by atoms with Gasteiger partial charge in [-0.1, -0.05) is 18.2 Å². The van der Waals surface area contributed by atoms with E-state index in [2.05, 4.69) is 23.2 Å². The molecule has 1 heterocycles. The SMILES string of the molecule is COCc1cc2cnc(-c3cccc(CC=O)c3)cc2cc1COC. The molecule has 0 radical (unpaired) electrons. The molecule has 1 aromatic heterocycles. The molecule has 0 aliphatic carbocycles. The number of carbonyl (C=O) groups is 1. The second kappa shape index (κ2) is 8.01. The Labute approximate surface area is 147 Å². The number of fused-ring (bicyclic) bond motifs is 1. The Morgan fingerprint density at radius 1 is 0.960 bits per heavy atom. The van der Waals surface area contributed by atoms with Gasteiger partial charge in [-0.05, 0) is 46.3 Å². The van der Waals surface area contributed by atoms with Crippen LogP contribution in [0.1, 0.15) is 16.7 Å². The van der Waals surface area contributed by atoms with Crippen molar-refractivity contribution in [2.75, 3.05) is 14.2 Å². The lowest BCUT2D eigenvalue weighted by molar-refractivity contribution is -0.107. The predicted octanol–water partition coefficient (Wildman–Crippen LogP) is 3.94. The number of rotatable bonds is 7. The Morgan fingerprint density at radius 3 is 2.36 bits per heavy atom. The van der Waals surface area contributed by atoms with Crippen LogP contribution in [0.15, 0.2) is 48.7 Å². The number of methoxy groups -OCH3 is 2. The normalized spacial score (nSPS) is 11.0. The van der Waals surface area contributed by atoms with Crippen molar-refractivity contribution in [2.24, 2.45) is 0 Å². The van der Waals surface area contributed by atoms with Gasteiger partial charge in [-0.2, -0.15) is 0 Å². The molecule has 0 spiro atoms. The van der Waals surface area contributed by atoms with E-state index in [1.54, 1.807) is 14.2 Å². The second-order valence-corrected chi connectivity index (χ2v) is 5.97. The number of aromatic nitrogens is 1. The van der Waals surface area contributed by atoms with Gasteiger partial charge in [0.05, 0.1) is 18.9 Å². The lowest BCUT2D eigenvalue weighted by atomic mass is 10.0. The average molecular weight is 335 g/mol. The van der Waals surface area contributed by atoms with E-state index in [0.29, 0.717) is 19.6 Å². The highest BCUT2D eigenvalue weighted by Crippen LogP contribution is 2.26.